The Balaban J connectivity index is 2.31. The van der Waals surface area contributed by atoms with Gasteiger partial charge < -0.3 is 26.5 Å². The quantitative estimate of drug-likeness (QED) is 0.482. The minimum absolute atomic E-state index is 0.0169. The lowest BCUT2D eigenvalue weighted by Crippen LogP contribution is -2.27. The van der Waals surface area contributed by atoms with Gasteiger partial charge in [-0.15, -0.1) is 0 Å². The highest BCUT2D eigenvalue weighted by molar-refractivity contribution is 5.96. The molecule has 0 aromatic carbocycles. The third-order valence-electron chi connectivity index (χ3n) is 4.49. The highest BCUT2D eigenvalue weighted by atomic mass is 16.4. The maximum Gasteiger partial charge on any atom is 0.331 e. The minimum Gasteiger partial charge on any atom is -0.478 e. The first-order chi connectivity index (χ1) is 13.7. The predicted octanol–water partition coefficient (Wildman–Crippen LogP) is 1.40. The van der Waals surface area contributed by atoms with Crippen LogP contribution >= 0.6 is 0 Å². The molecule has 156 valence electrons. The molecule has 2 aromatic rings. The van der Waals surface area contributed by atoms with E-state index < -0.39 is 11.9 Å². The first kappa shape index (κ1) is 21.9. The van der Waals surface area contributed by atoms with Crippen LogP contribution in [0.4, 0.5) is 11.6 Å². The summed E-state index contributed by atoms with van der Waals surface area (Å²) >= 11 is 0. The van der Waals surface area contributed by atoms with E-state index >= 15 is 0 Å². The molecule has 2 aromatic heterocycles. The number of amides is 1. The molecule has 0 fully saturated rings. The van der Waals surface area contributed by atoms with Crippen molar-refractivity contribution in [1.29, 1.82) is 0 Å². The fraction of sp³-hybridized carbons (Fsp3) is 0.421. The van der Waals surface area contributed by atoms with Crippen LogP contribution in [0.15, 0.2) is 5.57 Å². The highest BCUT2D eigenvalue weighted by Crippen LogP contribution is 2.18. The van der Waals surface area contributed by atoms with E-state index in [2.05, 4.69) is 20.3 Å². The van der Waals surface area contributed by atoms with Crippen molar-refractivity contribution >= 4 is 29.6 Å². The van der Waals surface area contributed by atoms with Crippen LogP contribution < -0.4 is 16.8 Å². The molecule has 0 aliphatic heterocycles. The monoisotopic (exact) mass is 401 g/mol. The molecule has 0 saturated carbocycles. The first-order valence-corrected chi connectivity index (χ1v) is 9.43. The van der Waals surface area contributed by atoms with Crippen LogP contribution in [0, 0.1) is 0 Å². The maximum atomic E-state index is 12.6. The van der Waals surface area contributed by atoms with Crippen LogP contribution in [0.1, 0.15) is 61.1 Å². The second kappa shape index (κ2) is 9.18. The minimum atomic E-state index is -0.991. The Morgan fingerprint density at radius 3 is 2.28 bits per heavy atom. The third-order valence-corrected chi connectivity index (χ3v) is 4.49. The second-order valence-corrected chi connectivity index (χ2v) is 6.42. The molecule has 0 bridgehead atoms. The Bertz CT molecular complexity index is 963. The molecule has 0 radical (unpaired) electrons. The van der Waals surface area contributed by atoms with Gasteiger partial charge >= 0.3 is 5.97 Å². The van der Waals surface area contributed by atoms with E-state index in [1.165, 1.54) is 6.92 Å². The smallest absolute Gasteiger partial charge is 0.331 e. The number of carbonyl (C=O) groups is 2. The molecule has 6 N–H and O–H groups in total. The van der Waals surface area contributed by atoms with E-state index in [9.17, 15) is 14.7 Å². The van der Waals surface area contributed by atoms with Crippen molar-refractivity contribution in [3.05, 3.63) is 34.2 Å². The topological polar surface area (TPSA) is 162 Å². The van der Waals surface area contributed by atoms with Crippen molar-refractivity contribution in [2.75, 3.05) is 11.5 Å². The standard InChI is InChI=1S/C19H27N7O3/c1-5-11-13(8-10(4)19(28)29)26(7-3)14(23-11)9-22-18(27)15-17(21)25-16(20)12(6-2)24-15/h8H,5-7,9H2,1-4H3,(H,22,27)(H,28,29)(H4,20,21,25)/b10-8+. The first-order valence-electron chi connectivity index (χ1n) is 9.43. The molecule has 1 amide bonds. The fourth-order valence-electron chi connectivity index (χ4n) is 2.91. The molecule has 0 atom stereocenters. The number of anilines is 2. The van der Waals surface area contributed by atoms with Gasteiger partial charge in [0.05, 0.1) is 23.6 Å². The number of aromatic nitrogens is 4. The van der Waals surface area contributed by atoms with Gasteiger partial charge in [-0.2, -0.15) is 0 Å². The van der Waals surface area contributed by atoms with Crippen LogP contribution in [0.25, 0.3) is 6.08 Å². The summed E-state index contributed by atoms with van der Waals surface area (Å²) in [6, 6.07) is 0. The number of nitrogens with two attached hydrogens (primary N) is 2. The molecule has 2 rings (SSSR count). The Kier molecular flexibility index (Phi) is 6.92. The molecule has 10 nitrogen and oxygen atoms in total. The molecule has 10 heteroatoms. The summed E-state index contributed by atoms with van der Waals surface area (Å²) in [6.45, 7) is 7.96. The van der Waals surface area contributed by atoms with Crippen LogP contribution in [-0.4, -0.2) is 36.5 Å². The normalized spacial score (nSPS) is 11.5. The summed E-state index contributed by atoms with van der Waals surface area (Å²) in [5, 5.41) is 11.9. The van der Waals surface area contributed by atoms with Crippen LogP contribution in [-0.2, 0) is 30.7 Å². The summed E-state index contributed by atoms with van der Waals surface area (Å²) in [5.41, 5.74) is 13.8. The van der Waals surface area contributed by atoms with Gasteiger partial charge in [0.1, 0.15) is 11.6 Å². The van der Waals surface area contributed by atoms with Crippen molar-refractivity contribution < 1.29 is 14.7 Å². The van der Waals surface area contributed by atoms with Crippen LogP contribution in [0.2, 0.25) is 0 Å². The number of aryl methyl sites for hydroxylation is 2. The van der Waals surface area contributed by atoms with E-state index in [1.807, 2.05) is 25.3 Å². The van der Waals surface area contributed by atoms with Crippen molar-refractivity contribution in [2.45, 2.75) is 53.6 Å². The second-order valence-electron chi connectivity index (χ2n) is 6.42. The van der Waals surface area contributed by atoms with E-state index in [-0.39, 0.29) is 29.4 Å². The largest absolute Gasteiger partial charge is 0.478 e. The average molecular weight is 401 g/mol. The maximum absolute atomic E-state index is 12.6. The lowest BCUT2D eigenvalue weighted by molar-refractivity contribution is -0.132. The Morgan fingerprint density at radius 1 is 1.07 bits per heavy atom. The zero-order valence-electron chi connectivity index (χ0n) is 17.1. The number of imidazole rings is 1. The number of hydrogen-bond acceptors (Lipinski definition) is 7. The van der Waals surface area contributed by atoms with E-state index in [0.29, 0.717) is 30.9 Å². The Hall–Kier alpha value is -3.43. The van der Waals surface area contributed by atoms with E-state index in [0.717, 1.165) is 11.4 Å². The lowest BCUT2D eigenvalue weighted by Gasteiger charge is -2.11. The molecule has 0 aliphatic carbocycles. The number of nitrogens with zero attached hydrogens (tertiary/aromatic N) is 4. The van der Waals surface area contributed by atoms with E-state index in [1.54, 1.807) is 6.08 Å². The molecule has 0 unspecified atom stereocenters. The van der Waals surface area contributed by atoms with Gasteiger partial charge in [0.15, 0.2) is 11.5 Å². The van der Waals surface area contributed by atoms with Crippen LogP contribution in [0.3, 0.4) is 0 Å². The zero-order chi connectivity index (χ0) is 21.7. The van der Waals surface area contributed by atoms with Gasteiger partial charge in [-0.05, 0) is 32.8 Å². The zero-order valence-corrected chi connectivity index (χ0v) is 17.1. The summed E-state index contributed by atoms with van der Waals surface area (Å²) in [4.78, 5) is 36.6. The number of carboxylic acids is 1. The van der Waals surface area contributed by atoms with Crippen molar-refractivity contribution in [2.24, 2.45) is 0 Å². The number of carbonyl (C=O) groups excluding carboxylic acids is 1. The number of nitrogen functional groups attached to an aromatic ring is 2. The van der Waals surface area contributed by atoms with Crippen molar-refractivity contribution in [3.8, 4) is 0 Å². The van der Waals surface area contributed by atoms with Gasteiger partial charge in [-0.1, -0.05) is 13.8 Å². The van der Waals surface area contributed by atoms with Gasteiger partial charge in [-0.3, -0.25) is 4.79 Å². The average Bonchev–Trinajstić information content (AvgIpc) is 3.02. The summed E-state index contributed by atoms with van der Waals surface area (Å²) in [5.74, 6) is -0.686. The Morgan fingerprint density at radius 2 is 1.72 bits per heavy atom. The van der Waals surface area contributed by atoms with Crippen molar-refractivity contribution in [1.82, 2.24) is 24.8 Å². The molecular weight excluding hydrogens is 374 g/mol. The summed E-state index contributed by atoms with van der Waals surface area (Å²) in [7, 11) is 0. The third kappa shape index (κ3) is 4.71. The van der Waals surface area contributed by atoms with Crippen molar-refractivity contribution in [3.63, 3.8) is 0 Å². The number of rotatable bonds is 8. The molecule has 29 heavy (non-hydrogen) atoms. The number of nitrogens with one attached hydrogen (secondary N) is 1. The molecular formula is C19H27N7O3. The van der Waals surface area contributed by atoms with Gasteiger partial charge in [-0.25, -0.2) is 19.7 Å². The Labute approximate surface area is 169 Å². The highest BCUT2D eigenvalue weighted by Gasteiger charge is 2.19. The van der Waals surface area contributed by atoms with Gasteiger partial charge in [0.2, 0.25) is 0 Å². The van der Waals surface area contributed by atoms with Crippen LogP contribution in [0.5, 0.6) is 0 Å². The predicted molar refractivity (Wildman–Crippen MR) is 110 cm³/mol. The summed E-state index contributed by atoms with van der Waals surface area (Å²) < 4.78 is 1.88. The fourth-order valence-corrected chi connectivity index (χ4v) is 2.91. The number of hydrogen-bond donors (Lipinski definition) is 4. The summed E-state index contributed by atoms with van der Waals surface area (Å²) in [6.07, 6.45) is 2.75. The SMILES string of the molecule is CCc1nc(C(=O)NCc2nc(CC)c(/C=C(\C)C(=O)O)n2CC)c(N)nc1N. The molecule has 0 spiro atoms. The lowest BCUT2D eigenvalue weighted by atomic mass is 10.2. The van der Waals surface area contributed by atoms with E-state index in [4.69, 9.17) is 11.5 Å². The molecule has 0 aliphatic rings. The number of carboxylic acid groups (broad SMARTS) is 1. The van der Waals surface area contributed by atoms with Gasteiger partial charge in [0.25, 0.3) is 5.91 Å². The number of aliphatic carboxylic acids is 1. The van der Waals surface area contributed by atoms with Gasteiger partial charge in [0, 0.05) is 12.1 Å². The molecule has 2 heterocycles. The molecule has 0 saturated heterocycles.